The molecule has 114 valence electrons. The summed E-state index contributed by atoms with van der Waals surface area (Å²) < 4.78 is 5.55. The van der Waals surface area contributed by atoms with Crippen LogP contribution in [0.3, 0.4) is 0 Å². The molecular formula is C14H17Cl2N3O2. The Balaban J connectivity index is 1.61. The topological polar surface area (TPSA) is 46.1 Å². The molecule has 3 rings (SSSR count). The summed E-state index contributed by atoms with van der Waals surface area (Å²) in [6, 6.07) is 5.36. The van der Waals surface area contributed by atoms with E-state index < -0.39 is 0 Å². The zero-order valence-electron chi connectivity index (χ0n) is 11.5. The van der Waals surface area contributed by atoms with Crippen LogP contribution in [0.5, 0.6) is 0 Å². The standard InChI is InChI=1S/C14H17Cl2N3O2/c15-11-4-1-5-12(16)13(11)18-14-17-6-7-19(14)21-9-10-3-2-8-20-10/h1,4-5,10H,2-3,6-9H2,(H,17,18). The lowest BCUT2D eigenvalue weighted by atomic mass is 10.2. The summed E-state index contributed by atoms with van der Waals surface area (Å²) in [7, 11) is 0. The van der Waals surface area contributed by atoms with Gasteiger partial charge in [-0.3, -0.25) is 4.84 Å². The van der Waals surface area contributed by atoms with Crippen LogP contribution in [0.2, 0.25) is 10.0 Å². The minimum Gasteiger partial charge on any atom is -0.376 e. The molecule has 0 aromatic heterocycles. The number of halogens is 2. The van der Waals surface area contributed by atoms with Crippen molar-refractivity contribution in [2.75, 3.05) is 31.6 Å². The molecule has 2 heterocycles. The number of benzene rings is 1. The zero-order valence-corrected chi connectivity index (χ0v) is 13.0. The summed E-state index contributed by atoms with van der Waals surface area (Å²) in [6.07, 6.45) is 2.32. The normalized spacial score (nSPS) is 21.7. The first-order valence-electron chi connectivity index (χ1n) is 7.01. The predicted octanol–water partition coefficient (Wildman–Crippen LogP) is 3.19. The van der Waals surface area contributed by atoms with Gasteiger partial charge in [0.1, 0.15) is 6.61 Å². The minimum absolute atomic E-state index is 0.177. The number of hydrogen-bond donors (Lipinski definition) is 1. The number of nitrogens with one attached hydrogen (secondary N) is 1. The SMILES string of the molecule is Clc1cccc(Cl)c1NC1=NCCN1OCC1CCCO1. The van der Waals surface area contributed by atoms with Gasteiger partial charge >= 0.3 is 0 Å². The second-order valence-electron chi connectivity index (χ2n) is 4.96. The fourth-order valence-corrected chi connectivity index (χ4v) is 2.83. The predicted molar refractivity (Wildman–Crippen MR) is 84.0 cm³/mol. The van der Waals surface area contributed by atoms with Gasteiger partial charge in [-0.25, -0.2) is 10.1 Å². The average Bonchev–Trinajstić information content (AvgIpc) is 3.12. The largest absolute Gasteiger partial charge is 0.376 e. The zero-order chi connectivity index (χ0) is 14.7. The maximum Gasteiger partial charge on any atom is 0.223 e. The molecule has 1 saturated heterocycles. The highest BCUT2D eigenvalue weighted by atomic mass is 35.5. The fourth-order valence-electron chi connectivity index (χ4n) is 2.34. The number of hydrogen-bond acceptors (Lipinski definition) is 5. The number of ether oxygens (including phenoxy) is 1. The number of hydroxylamine groups is 2. The second kappa shape index (κ2) is 6.83. The molecule has 1 atom stereocenters. The van der Waals surface area contributed by atoms with Crippen molar-refractivity contribution >= 4 is 34.8 Å². The van der Waals surface area contributed by atoms with Crippen LogP contribution in [0.25, 0.3) is 0 Å². The van der Waals surface area contributed by atoms with Crippen LogP contribution in [-0.4, -0.2) is 43.4 Å². The Morgan fingerprint density at radius 2 is 2.19 bits per heavy atom. The summed E-state index contributed by atoms with van der Waals surface area (Å²) in [5.41, 5.74) is 0.646. The van der Waals surface area contributed by atoms with E-state index in [2.05, 4.69) is 10.3 Å². The smallest absolute Gasteiger partial charge is 0.223 e. The molecule has 0 spiro atoms. The molecule has 1 unspecified atom stereocenters. The summed E-state index contributed by atoms with van der Waals surface area (Å²) >= 11 is 12.3. The van der Waals surface area contributed by atoms with Gasteiger partial charge in [-0.1, -0.05) is 29.3 Å². The number of aliphatic imine (C=N–C) groups is 1. The maximum absolute atomic E-state index is 6.16. The molecule has 1 N–H and O–H groups in total. The van der Waals surface area contributed by atoms with E-state index >= 15 is 0 Å². The highest BCUT2D eigenvalue weighted by Crippen LogP contribution is 2.30. The van der Waals surface area contributed by atoms with Crippen LogP contribution in [-0.2, 0) is 9.57 Å². The molecule has 1 aromatic carbocycles. The highest BCUT2D eigenvalue weighted by Gasteiger charge is 2.23. The maximum atomic E-state index is 6.16. The van der Waals surface area contributed by atoms with Gasteiger partial charge in [-0.15, -0.1) is 0 Å². The van der Waals surface area contributed by atoms with E-state index in [4.69, 9.17) is 32.8 Å². The van der Waals surface area contributed by atoms with E-state index in [1.807, 2.05) is 0 Å². The van der Waals surface area contributed by atoms with Crippen molar-refractivity contribution in [3.8, 4) is 0 Å². The lowest BCUT2D eigenvalue weighted by molar-refractivity contribution is -0.123. The number of anilines is 1. The molecule has 5 nitrogen and oxygen atoms in total. The molecule has 2 aliphatic heterocycles. The van der Waals surface area contributed by atoms with Gasteiger partial charge in [0.15, 0.2) is 0 Å². The van der Waals surface area contributed by atoms with Crippen LogP contribution in [0, 0.1) is 0 Å². The van der Waals surface area contributed by atoms with Gasteiger partial charge in [0.25, 0.3) is 0 Å². The summed E-state index contributed by atoms with van der Waals surface area (Å²) in [4.78, 5) is 10.2. The summed E-state index contributed by atoms with van der Waals surface area (Å²) in [6.45, 7) is 2.74. The molecule has 0 bridgehead atoms. The van der Waals surface area contributed by atoms with E-state index in [-0.39, 0.29) is 6.10 Å². The molecule has 0 saturated carbocycles. The molecule has 1 fully saturated rings. The lowest BCUT2D eigenvalue weighted by Crippen LogP contribution is -2.35. The molecule has 21 heavy (non-hydrogen) atoms. The Morgan fingerprint density at radius 1 is 1.38 bits per heavy atom. The number of guanidine groups is 1. The Kier molecular flexibility index (Phi) is 4.85. The molecule has 0 amide bonds. The number of para-hydroxylation sites is 1. The molecule has 0 aliphatic carbocycles. The van der Waals surface area contributed by atoms with Gasteiger partial charge in [0, 0.05) is 6.61 Å². The molecular weight excluding hydrogens is 313 g/mol. The average molecular weight is 330 g/mol. The van der Waals surface area contributed by atoms with Crippen molar-refractivity contribution in [2.45, 2.75) is 18.9 Å². The second-order valence-corrected chi connectivity index (χ2v) is 5.77. The van der Waals surface area contributed by atoms with Crippen LogP contribution in [0.1, 0.15) is 12.8 Å². The van der Waals surface area contributed by atoms with Gasteiger partial charge in [0.05, 0.1) is 34.9 Å². The van der Waals surface area contributed by atoms with Crippen molar-refractivity contribution in [3.63, 3.8) is 0 Å². The fraction of sp³-hybridized carbons (Fsp3) is 0.500. The van der Waals surface area contributed by atoms with Crippen molar-refractivity contribution < 1.29 is 9.57 Å². The van der Waals surface area contributed by atoms with E-state index in [1.54, 1.807) is 23.3 Å². The van der Waals surface area contributed by atoms with Crippen LogP contribution in [0.15, 0.2) is 23.2 Å². The van der Waals surface area contributed by atoms with E-state index in [0.717, 1.165) is 19.4 Å². The van der Waals surface area contributed by atoms with Crippen molar-refractivity contribution in [2.24, 2.45) is 4.99 Å². The third-order valence-electron chi connectivity index (χ3n) is 3.44. The first kappa shape index (κ1) is 14.9. The Bertz CT molecular complexity index is 513. The molecule has 2 aliphatic rings. The Hall–Kier alpha value is -1.01. The van der Waals surface area contributed by atoms with E-state index in [9.17, 15) is 0 Å². The first-order chi connectivity index (χ1) is 10.2. The number of rotatable bonds is 4. The van der Waals surface area contributed by atoms with Crippen molar-refractivity contribution in [1.82, 2.24) is 5.06 Å². The lowest BCUT2D eigenvalue weighted by Gasteiger charge is -2.22. The van der Waals surface area contributed by atoms with Crippen molar-refractivity contribution in [1.29, 1.82) is 0 Å². The van der Waals surface area contributed by atoms with E-state index in [1.165, 1.54) is 0 Å². The van der Waals surface area contributed by atoms with Gasteiger partial charge in [0.2, 0.25) is 5.96 Å². The summed E-state index contributed by atoms with van der Waals surface area (Å²) in [5, 5.41) is 5.99. The summed E-state index contributed by atoms with van der Waals surface area (Å²) in [5.74, 6) is 0.628. The third-order valence-corrected chi connectivity index (χ3v) is 4.07. The number of nitrogens with zero attached hydrogens (tertiary/aromatic N) is 2. The van der Waals surface area contributed by atoms with Crippen LogP contribution >= 0.6 is 23.2 Å². The Morgan fingerprint density at radius 3 is 2.90 bits per heavy atom. The molecule has 1 aromatic rings. The Labute approximate surface area is 133 Å². The van der Waals surface area contributed by atoms with E-state index in [0.29, 0.717) is 41.4 Å². The minimum atomic E-state index is 0.177. The molecule has 0 radical (unpaired) electrons. The highest BCUT2D eigenvalue weighted by molar-refractivity contribution is 6.39. The van der Waals surface area contributed by atoms with Gasteiger partial charge in [-0.2, -0.15) is 0 Å². The van der Waals surface area contributed by atoms with Gasteiger partial charge in [-0.05, 0) is 25.0 Å². The monoisotopic (exact) mass is 329 g/mol. The third kappa shape index (κ3) is 3.61. The first-order valence-corrected chi connectivity index (χ1v) is 7.77. The van der Waals surface area contributed by atoms with Crippen LogP contribution < -0.4 is 5.32 Å². The molecule has 7 heteroatoms. The van der Waals surface area contributed by atoms with Gasteiger partial charge < -0.3 is 10.1 Å². The quantitative estimate of drug-likeness (QED) is 0.921. The van der Waals surface area contributed by atoms with Crippen LogP contribution in [0.4, 0.5) is 5.69 Å². The van der Waals surface area contributed by atoms with Crippen molar-refractivity contribution in [3.05, 3.63) is 28.2 Å².